The van der Waals surface area contributed by atoms with Crippen LogP contribution in [0, 0.1) is 0 Å². The van der Waals surface area contributed by atoms with Crippen molar-refractivity contribution in [3.63, 3.8) is 0 Å². The maximum atomic E-state index is 15.0. The van der Waals surface area contributed by atoms with E-state index in [0.717, 1.165) is 11.3 Å². The molecule has 9 nitrogen and oxygen atoms in total. The Morgan fingerprint density at radius 3 is 2.94 bits per heavy atom. The molecule has 0 radical (unpaired) electrons. The molecule has 3 atom stereocenters. The van der Waals surface area contributed by atoms with Gasteiger partial charge in [-0.05, 0) is 45.6 Å². The summed E-state index contributed by atoms with van der Waals surface area (Å²) >= 11 is 0. The highest BCUT2D eigenvalue weighted by atomic mass is 19.1. The van der Waals surface area contributed by atoms with Crippen molar-refractivity contribution in [2.45, 2.75) is 69.7 Å². The van der Waals surface area contributed by atoms with Gasteiger partial charge in [-0.1, -0.05) is 0 Å². The van der Waals surface area contributed by atoms with Crippen molar-refractivity contribution in [3.05, 3.63) is 35.9 Å². The van der Waals surface area contributed by atoms with E-state index in [9.17, 15) is 9.18 Å². The van der Waals surface area contributed by atoms with Crippen molar-refractivity contribution < 1.29 is 13.9 Å². The number of aromatic nitrogens is 5. The molecule has 0 spiro atoms. The smallest absolute Gasteiger partial charge is 0.407 e. The molecule has 0 bridgehead atoms. The average Bonchev–Trinajstić information content (AvgIpc) is 3.14. The molecular weight excluding hydrogens is 401 g/mol. The second-order valence-corrected chi connectivity index (χ2v) is 8.64. The number of alkyl halides is 1. The monoisotopic (exact) mass is 427 g/mol. The third kappa shape index (κ3) is 4.06. The van der Waals surface area contributed by atoms with Gasteiger partial charge in [0, 0.05) is 42.0 Å². The molecule has 1 amide bonds. The first-order valence-electron chi connectivity index (χ1n) is 10.8. The van der Waals surface area contributed by atoms with Gasteiger partial charge in [0.25, 0.3) is 0 Å². The number of ether oxygens (including phenoxy) is 1. The Labute approximate surface area is 178 Å². The van der Waals surface area contributed by atoms with E-state index < -0.39 is 24.3 Å². The fourth-order valence-electron chi connectivity index (χ4n) is 4.09. The zero-order valence-electron chi connectivity index (χ0n) is 17.5. The summed E-state index contributed by atoms with van der Waals surface area (Å²) in [5, 5.41) is 13.0. The summed E-state index contributed by atoms with van der Waals surface area (Å²) in [7, 11) is 0. The third-order valence-corrected chi connectivity index (χ3v) is 5.80. The lowest BCUT2D eigenvalue weighted by atomic mass is 10.0. The van der Waals surface area contributed by atoms with Crippen LogP contribution in [0.1, 0.15) is 62.8 Å². The Hall–Kier alpha value is -3.17. The van der Waals surface area contributed by atoms with Gasteiger partial charge >= 0.3 is 6.09 Å². The Kier molecular flexibility index (Phi) is 4.99. The van der Waals surface area contributed by atoms with Crippen molar-refractivity contribution in [2.75, 3.05) is 5.32 Å². The molecule has 2 saturated carbocycles. The van der Waals surface area contributed by atoms with Crippen molar-refractivity contribution >= 4 is 23.5 Å². The van der Waals surface area contributed by atoms with Gasteiger partial charge in [0.1, 0.15) is 17.9 Å². The first-order valence-corrected chi connectivity index (χ1v) is 10.8. The van der Waals surface area contributed by atoms with Gasteiger partial charge in [-0.15, -0.1) is 0 Å². The fraction of sp³-hybridized carbons (Fsp3) is 0.524. The number of carbonyl (C=O) groups excluding carboxylic acids is 1. The van der Waals surface area contributed by atoms with E-state index >= 15 is 0 Å². The van der Waals surface area contributed by atoms with Gasteiger partial charge < -0.3 is 15.4 Å². The number of H-pyrrole nitrogens is 1. The summed E-state index contributed by atoms with van der Waals surface area (Å²) < 4.78 is 22.1. The molecule has 31 heavy (non-hydrogen) atoms. The van der Waals surface area contributed by atoms with Crippen LogP contribution in [0.3, 0.4) is 0 Å². The molecule has 0 saturated heterocycles. The predicted molar refractivity (Wildman–Crippen MR) is 112 cm³/mol. The van der Waals surface area contributed by atoms with Crippen LogP contribution in [0.4, 0.5) is 21.0 Å². The standard InChI is InChI=1S/C21H26FN7O2/c1-11(2)24-21(30)31-16-6-5-13(19(16)22)14-9-17(28-27-14)26-20-23-8-7-18-25-15(10-29(18)20)12-3-4-12/h7-13,16,19H,3-6H2,1-2H3,(H,24,30)(H2,23,26,27,28)/t13-,16-,19-/m0/s1. The van der Waals surface area contributed by atoms with Crippen molar-refractivity contribution in [1.82, 2.24) is 29.9 Å². The third-order valence-electron chi connectivity index (χ3n) is 5.80. The molecule has 2 fully saturated rings. The lowest BCUT2D eigenvalue weighted by Gasteiger charge is -2.18. The van der Waals surface area contributed by atoms with Gasteiger partial charge in [-0.2, -0.15) is 5.10 Å². The number of amides is 1. The number of imidazole rings is 1. The average molecular weight is 427 g/mol. The normalized spacial score (nSPS) is 23.4. The molecule has 10 heteroatoms. The molecule has 2 aliphatic rings. The molecule has 0 aromatic carbocycles. The molecule has 3 aromatic rings. The minimum Gasteiger partial charge on any atom is -0.443 e. The second kappa shape index (κ2) is 7.82. The number of alkyl carbamates (subject to hydrolysis) is 1. The summed E-state index contributed by atoms with van der Waals surface area (Å²) in [5.41, 5.74) is 2.58. The number of aromatic amines is 1. The highest BCUT2D eigenvalue weighted by Gasteiger charge is 2.41. The lowest BCUT2D eigenvalue weighted by Crippen LogP contribution is -2.36. The first kappa shape index (κ1) is 19.8. The van der Waals surface area contributed by atoms with Crippen LogP contribution < -0.4 is 10.6 Å². The molecule has 3 aromatic heterocycles. The van der Waals surface area contributed by atoms with Gasteiger partial charge in [-0.25, -0.2) is 19.2 Å². The van der Waals surface area contributed by atoms with Gasteiger partial charge in [-0.3, -0.25) is 9.50 Å². The highest BCUT2D eigenvalue weighted by molar-refractivity contribution is 5.67. The minimum absolute atomic E-state index is 0.0575. The topological polar surface area (TPSA) is 109 Å². The van der Waals surface area contributed by atoms with Gasteiger partial charge in [0.05, 0.1) is 5.69 Å². The number of rotatable bonds is 6. The Balaban J connectivity index is 1.27. The Bertz CT molecular complexity index is 1090. The quantitative estimate of drug-likeness (QED) is 0.552. The summed E-state index contributed by atoms with van der Waals surface area (Å²) in [6.07, 6.45) is 4.48. The van der Waals surface area contributed by atoms with Crippen LogP contribution in [0.15, 0.2) is 24.5 Å². The molecule has 0 aliphatic heterocycles. The fourth-order valence-corrected chi connectivity index (χ4v) is 4.09. The SMILES string of the molecule is CC(C)NC(=O)O[C@H]1CC[C@@H](c2cc(Nc3nccc4nc(C5CC5)cn34)n[nH]2)[C@@H]1F. The summed E-state index contributed by atoms with van der Waals surface area (Å²) in [6.45, 7) is 3.66. The number of fused-ring (bicyclic) bond motifs is 1. The molecule has 3 heterocycles. The van der Waals surface area contributed by atoms with E-state index in [0.29, 0.717) is 36.2 Å². The maximum absolute atomic E-state index is 15.0. The van der Waals surface area contributed by atoms with E-state index in [2.05, 4.69) is 30.8 Å². The molecular formula is C21H26FN7O2. The Morgan fingerprint density at radius 2 is 2.16 bits per heavy atom. The van der Waals surface area contributed by atoms with E-state index in [1.165, 1.54) is 12.8 Å². The molecule has 0 unspecified atom stereocenters. The number of carbonyl (C=O) groups is 1. The number of hydrogen-bond acceptors (Lipinski definition) is 6. The van der Waals surface area contributed by atoms with Crippen molar-refractivity contribution in [3.8, 4) is 0 Å². The van der Waals surface area contributed by atoms with Crippen LogP contribution >= 0.6 is 0 Å². The van der Waals surface area contributed by atoms with Crippen LogP contribution in [-0.2, 0) is 4.74 Å². The van der Waals surface area contributed by atoms with E-state index in [1.807, 2.05) is 30.5 Å². The number of halogens is 1. The van der Waals surface area contributed by atoms with Crippen molar-refractivity contribution in [2.24, 2.45) is 0 Å². The lowest BCUT2D eigenvalue weighted by molar-refractivity contribution is 0.0555. The largest absolute Gasteiger partial charge is 0.443 e. The van der Waals surface area contributed by atoms with E-state index in [4.69, 9.17) is 4.74 Å². The minimum atomic E-state index is -1.29. The van der Waals surface area contributed by atoms with E-state index in [1.54, 1.807) is 12.3 Å². The summed E-state index contributed by atoms with van der Waals surface area (Å²) in [5.74, 6) is 1.29. The number of anilines is 2. The van der Waals surface area contributed by atoms with Crippen LogP contribution in [-0.4, -0.2) is 49.0 Å². The zero-order valence-corrected chi connectivity index (χ0v) is 17.5. The highest BCUT2D eigenvalue weighted by Crippen LogP contribution is 2.40. The Morgan fingerprint density at radius 1 is 1.32 bits per heavy atom. The maximum Gasteiger partial charge on any atom is 0.407 e. The molecule has 2 aliphatic carbocycles. The van der Waals surface area contributed by atoms with Gasteiger partial charge in [0.2, 0.25) is 5.95 Å². The van der Waals surface area contributed by atoms with E-state index in [-0.39, 0.29) is 6.04 Å². The summed E-state index contributed by atoms with van der Waals surface area (Å²) in [4.78, 5) is 20.9. The zero-order chi connectivity index (χ0) is 21.5. The molecule has 3 N–H and O–H groups in total. The van der Waals surface area contributed by atoms with Gasteiger partial charge in [0.15, 0.2) is 5.82 Å². The first-order chi connectivity index (χ1) is 15.0. The molecule has 164 valence electrons. The second-order valence-electron chi connectivity index (χ2n) is 8.64. The van der Waals surface area contributed by atoms with Crippen LogP contribution in [0.25, 0.3) is 5.65 Å². The predicted octanol–water partition coefficient (Wildman–Crippen LogP) is 3.79. The number of nitrogens with zero attached hydrogens (tertiary/aromatic N) is 4. The number of nitrogens with one attached hydrogen (secondary N) is 3. The van der Waals surface area contributed by atoms with Crippen molar-refractivity contribution in [1.29, 1.82) is 0 Å². The van der Waals surface area contributed by atoms with Crippen LogP contribution in [0.5, 0.6) is 0 Å². The molecule has 5 rings (SSSR count). The summed E-state index contributed by atoms with van der Waals surface area (Å²) in [6, 6.07) is 3.60. The number of hydrogen-bond donors (Lipinski definition) is 3. The van der Waals surface area contributed by atoms with Crippen LogP contribution in [0.2, 0.25) is 0 Å².